The lowest BCUT2D eigenvalue weighted by atomic mass is 10.3. The third kappa shape index (κ3) is 2.12. The van der Waals surface area contributed by atoms with Gasteiger partial charge in [-0.05, 0) is 18.2 Å². The third-order valence-electron chi connectivity index (χ3n) is 2.06. The first-order chi connectivity index (χ1) is 8.13. The lowest BCUT2D eigenvalue weighted by Crippen LogP contribution is -2.09. The predicted molar refractivity (Wildman–Crippen MR) is 58.1 cm³/mol. The molecule has 0 saturated carbocycles. The molecule has 0 spiro atoms. The van der Waals surface area contributed by atoms with Crippen LogP contribution in [0, 0.1) is 0 Å². The van der Waals surface area contributed by atoms with Crippen LogP contribution in [0.1, 0.15) is 16.2 Å². The van der Waals surface area contributed by atoms with Crippen LogP contribution in [0.5, 0.6) is 0 Å². The number of carbonyl (C=O) groups is 1. The van der Waals surface area contributed by atoms with Crippen molar-refractivity contribution >= 4 is 17.6 Å². The van der Waals surface area contributed by atoms with Crippen molar-refractivity contribution in [3.63, 3.8) is 0 Å². The molecule has 0 atom stereocenters. The van der Waals surface area contributed by atoms with E-state index in [0.717, 1.165) is 10.7 Å². The molecule has 0 radical (unpaired) electrons. The van der Waals surface area contributed by atoms with Crippen LogP contribution in [0.2, 0.25) is 5.02 Å². The van der Waals surface area contributed by atoms with Crippen LogP contribution in [0.15, 0.2) is 24.4 Å². The van der Waals surface area contributed by atoms with Gasteiger partial charge in [-0.25, -0.2) is 18.9 Å². The summed E-state index contributed by atoms with van der Waals surface area (Å²) in [6.07, 6.45) is 1.45. The van der Waals surface area contributed by atoms with E-state index in [-0.39, 0.29) is 22.2 Å². The van der Waals surface area contributed by atoms with Crippen LogP contribution in [-0.4, -0.2) is 25.8 Å². The van der Waals surface area contributed by atoms with E-state index < -0.39 is 12.6 Å². The van der Waals surface area contributed by atoms with E-state index in [1.54, 1.807) is 12.1 Å². The molecule has 5 nitrogen and oxygen atoms in total. The van der Waals surface area contributed by atoms with Crippen molar-refractivity contribution in [2.45, 2.75) is 6.67 Å². The molecule has 0 bridgehead atoms. The quantitative estimate of drug-likeness (QED) is 0.912. The summed E-state index contributed by atoms with van der Waals surface area (Å²) in [5.41, 5.74) is -0.164. The van der Waals surface area contributed by atoms with Gasteiger partial charge in [0.15, 0.2) is 11.5 Å². The molecule has 17 heavy (non-hydrogen) atoms. The minimum absolute atomic E-state index is 0.0177. The van der Waals surface area contributed by atoms with Gasteiger partial charge < -0.3 is 5.11 Å². The van der Waals surface area contributed by atoms with Crippen molar-refractivity contribution in [3.05, 3.63) is 40.8 Å². The average Bonchev–Trinajstić information content (AvgIpc) is 2.73. The Morgan fingerprint density at radius 2 is 2.35 bits per heavy atom. The molecule has 0 aliphatic rings. The van der Waals surface area contributed by atoms with Crippen molar-refractivity contribution in [2.24, 2.45) is 0 Å². The first-order valence-electron chi connectivity index (χ1n) is 4.62. The SMILES string of the molecule is O=C(O)c1cc(CF)nn1-c1ncccc1Cl. The van der Waals surface area contributed by atoms with Gasteiger partial charge in [-0.1, -0.05) is 11.6 Å². The second-order valence-electron chi connectivity index (χ2n) is 3.18. The lowest BCUT2D eigenvalue weighted by Gasteiger charge is -2.04. The van der Waals surface area contributed by atoms with E-state index >= 15 is 0 Å². The minimum atomic E-state index is -1.22. The maximum Gasteiger partial charge on any atom is 0.354 e. The zero-order valence-corrected chi connectivity index (χ0v) is 9.23. The molecule has 88 valence electrons. The molecular formula is C10H7ClFN3O2. The number of rotatable bonds is 3. The van der Waals surface area contributed by atoms with Crippen LogP contribution in [0.3, 0.4) is 0 Å². The summed E-state index contributed by atoms with van der Waals surface area (Å²) in [5.74, 6) is -1.06. The second-order valence-corrected chi connectivity index (χ2v) is 3.59. The third-order valence-corrected chi connectivity index (χ3v) is 2.35. The summed E-state index contributed by atoms with van der Waals surface area (Å²) in [6, 6.07) is 4.30. The van der Waals surface area contributed by atoms with Gasteiger partial charge in [-0.3, -0.25) is 0 Å². The first kappa shape index (κ1) is 11.5. The molecule has 0 unspecified atom stereocenters. The number of aromatic nitrogens is 3. The Morgan fingerprint density at radius 1 is 1.59 bits per heavy atom. The molecule has 0 aromatic carbocycles. The highest BCUT2D eigenvalue weighted by atomic mass is 35.5. The van der Waals surface area contributed by atoms with E-state index in [1.807, 2.05) is 0 Å². The van der Waals surface area contributed by atoms with Gasteiger partial charge in [-0.15, -0.1) is 0 Å². The fourth-order valence-electron chi connectivity index (χ4n) is 1.34. The second kappa shape index (κ2) is 4.50. The van der Waals surface area contributed by atoms with E-state index in [1.165, 1.54) is 6.20 Å². The number of aromatic carboxylic acids is 1. The minimum Gasteiger partial charge on any atom is -0.477 e. The van der Waals surface area contributed by atoms with Crippen LogP contribution in [-0.2, 0) is 6.67 Å². The van der Waals surface area contributed by atoms with Gasteiger partial charge in [0.25, 0.3) is 0 Å². The highest BCUT2D eigenvalue weighted by Crippen LogP contribution is 2.19. The van der Waals surface area contributed by atoms with E-state index in [0.29, 0.717) is 0 Å². The highest BCUT2D eigenvalue weighted by Gasteiger charge is 2.17. The molecular weight excluding hydrogens is 249 g/mol. The average molecular weight is 256 g/mol. The summed E-state index contributed by atoms with van der Waals surface area (Å²) in [6.45, 7) is -0.849. The molecule has 0 amide bonds. The van der Waals surface area contributed by atoms with Crippen molar-refractivity contribution in [1.29, 1.82) is 0 Å². The van der Waals surface area contributed by atoms with Gasteiger partial charge in [0, 0.05) is 6.20 Å². The highest BCUT2D eigenvalue weighted by molar-refractivity contribution is 6.32. The van der Waals surface area contributed by atoms with Crippen LogP contribution >= 0.6 is 11.6 Å². The Hall–Kier alpha value is -1.95. The van der Waals surface area contributed by atoms with Crippen molar-refractivity contribution < 1.29 is 14.3 Å². The molecule has 0 fully saturated rings. The number of hydrogen-bond donors (Lipinski definition) is 1. The van der Waals surface area contributed by atoms with Crippen molar-refractivity contribution in [2.75, 3.05) is 0 Å². The summed E-state index contributed by atoms with van der Waals surface area (Å²) < 4.78 is 13.5. The smallest absolute Gasteiger partial charge is 0.354 e. The number of nitrogens with zero attached hydrogens (tertiary/aromatic N) is 3. The summed E-state index contributed by atoms with van der Waals surface area (Å²) >= 11 is 5.88. The van der Waals surface area contributed by atoms with Gasteiger partial charge in [0.05, 0.1) is 10.7 Å². The lowest BCUT2D eigenvalue weighted by molar-refractivity contribution is 0.0687. The molecule has 0 aliphatic heterocycles. The maximum atomic E-state index is 12.5. The Morgan fingerprint density at radius 3 is 2.94 bits per heavy atom. The van der Waals surface area contributed by atoms with Crippen LogP contribution < -0.4 is 0 Å². The normalized spacial score (nSPS) is 10.5. The Labute approximate surface area is 100 Å². The molecule has 0 aliphatic carbocycles. The number of hydrogen-bond acceptors (Lipinski definition) is 3. The van der Waals surface area contributed by atoms with Crippen molar-refractivity contribution in [1.82, 2.24) is 14.8 Å². The number of halogens is 2. The monoisotopic (exact) mass is 255 g/mol. The number of carboxylic acids is 1. The molecule has 0 saturated heterocycles. The molecule has 7 heteroatoms. The van der Waals surface area contributed by atoms with Crippen molar-refractivity contribution in [3.8, 4) is 5.82 Å². The maximum absolute atomic E-state index is 12.5. The molecule has 2 heterocycles. The summed E-state index contributed by atoms with van der Waals surface area (Å²) in [7, 11) is 0. The largest absolute Gasteiger partial charge is 0.477 e. The Bertz CT molecular complexity index is 570. The standard InChI is InChI=1S/C10H7ClFN3O2/c11-7-2-1-3-13-9(7)15-8(10(16)17)4-6(5-12)14-15/h1-4H,5H2,(H,16,17). The summed E-state index contributed by atoms with van der Waals surface area (Å²) in [4.78, 5) is 14.9. The molecule has 2 aromatic heterocycles. The van der Waals surface area contributed by atoms with Crippen LogP contribution in [0.4, 0.5) is 4.39 Å². The fourth-order valence-corrected chi connectivity index (χ4v) is 1.54. The fraction of sp³-hybridized carbons (Fsp3) is 0.100. The topological polar surface area (TPSA) is 68.0 Å². The number of carboxylic acid groups (broad SMARTS) is 1. The zero-order valence-electron chi connectivity index (χ0n) is 8.47. The number of pyridine rings is 1. The van der Waals surface area contributed by atoms with Gasteiger partial charge >= 0.3 is 5.97 Å². The van der Waals surface area contributed by atoms with Gasteiger partial charge in [-0.2, -0.15) is 5.10 Å². The Balaban J connectivity index is 2.62. The van der Waals surface area contributed by atoms with Gasteiger partial charge in [0.2, 0.25) is 0 Å². The molecule has 1 N–H and O–H groups in total. The van der Waals surface area contributed by atoms with E-state index in [9.17, 15) is 9.18 Å². The molecule has 2 aromatic rings. The molecule has 2 rings (SSSR count). The van der Waals surface area contributed by atoms with Crippen LogP contribution in [0.25, 0.3) is 5.82 Å². The first-order valence-corrected chi connectivity index (χ1v) is 5.00. The number of alkyl halides is 1. The van der Waals surface area contributed by atoms with E-state index in [4.69, 9.17) is 16.7 Å². The Kier molecular flexibility index (Phi) is 3.06. The van der Waals surface area contributed by atoms with Gasteiger partial charge in [0.1, 0.15) is 6.67 Å². The summed E-state index contributed by atoms with van der Waals surface area (Å²) in [5, 5.41) is 13.0. The zero-order chi connectivity index (χ0) is 12.4. The predicted octanol–water partition coefficient (Wildman–Crippen LogP) is 2.09. The van der Waals surface area contributed by atoms with E-state index in [2.05, 4.69) is 10.1 Å².